The third-order valence-electron chi connectivity index (χ3n) is 3.48. The Morgan fingerprint density at radius 2 is 2.17 bits per heavy atom. The molecule has 1 N–H and O–H groups in total. The lowest BCUT2D eigenvalue weighted by molar-refractivity contribution is 0.340. The highest BCUT2D eigenvalue weighted by molar-refractivity contribution is 5.58. The number of benzene rings is 1. The average molecular weight is 248 g/mol. The predicted molar refractivity (Wildman–Crippen MR) is 76.5 cm³/mol. The Kier molecular flexibility index (Phi) is 4.88. The maximum Gasteiger partial charge on any atom is 0.142 e. The standard InChI is InChI=1S/C15H24N2O/c1-3-13-12-17(11-7-10-16-13)14-8-5-6-9-15(14)18-4-2/h5-6,8-9,13,16H,3-4,7,10-12H2,1-2H3. The lowest BCUT2D eigenvalue weighted by Gasteiger charge is -2.27. The molecule has 3 heteroatoms. The molecule has 1 saturated heterocycles. The van der Waals surface area contributed by atoms with Gasteiger partial charge < -0.3 is 15.0 Å². The number of hydrogen-bond donors (Lipinski definition) is 1. The van der Waals surface area contributed by atoms with Crippen molar-refractivity contribution in [3.63, 3.8) is 0 Å². The van der Waals surface area contributed by atoms with Crippen molar-refractivity contribution in [2.45, 2.75) is 32.7 Å². The molecule has 3 nitrogen and oxygen atoms in total. The summed E-state index contributed by atoms with van der Waals surface area (Å²) in [7, 11) is 0. The summed E-state index contributed by atoms with van der Waals surface area (Å²) < 4.78 is 5.74. The molecule has 1 fully saturated rings. The van der Waals surface area contributed by atoms with Gasteiger partial charge in [-0.25, -0.2) is 0 Å². The second-order valence-electron chi connectivity index (χ2n) is 4.76. The van der Waals surface area contributed by atoms with Gasteiger partial charge >= 0.3 is 0 Å². The number of nitrogens with one attached hydrogen (secondary N) is 1. The first-order valence-corrected chi connectivity index (χ1v) is 7.05. The minimum absolute atomic E-state index is 0.585. The zero-order valence-corrected chi connectivity index (χ0v) is 11.5. The number of ether oxygens (including phenoxy) is 1. The zero-order chi connectivity index (χ0) is 12.8. The lowest BCUT2D eigenvalue weighted by atomic mass is 10.2. The Labute approximate surface area is 110 Å². The Bertz CT molecular complexity index is 367. The molecule has 0 bridgehead atoms. The summed E-state index contributed by atoms with van der Waals surface area (Å²) in [6, 6.07) is 8.96. The smallest absolute Gasteiger partial charge is 0.142 e. The van der Waals surface area contributed by atoms with Crippen LogP contribution in [0, 0.1) is 0 Å². The molecule has 1 aromatic rings. The van der Waals surface area contributed by atoms with Crippen LogP contribution >= 0.6 is 0 Å². The van der Waals surface area contributed by atoms with E-state index in [1.54, 1.807) is 0 Å². The van der Waals surface area contributed by atoms with Crippen molar-refractivity contribution in [1.29, 1.82) is 0 Å². The molecule has 0 aromatic heterocycles. The van der Waals surface area contributed by atoms with Gasteiger partial charge in [0.1, 0.15) is 5.75 Å². The van der Waals surface area contributed by atoms with Crippen molar-refractivity contribution >= 4 is 5.69 Å². The first-order valence-electron chi connectivity index (χ1n) is 7.05. The van der Waals surface area contributed by atoms with Crippen LogP contribution in [0.5, 0.6) is 5.75 Å². The Hall–Kier alpha value is -1.22. The fraction of sp³-hybridized carbons (Fsp3) is 0.600. The third-order valence-corrected chi connectivity index (χ3v) is 3.48. The van der Waals surface area contributed by atoms with E-state index >= 15 is 0 Å². The molecule has 1 atom stereocenters. The lowest BCUT2D eigenvalue weighted by Crippen LogP contribution is -2.37. The maximum atomic E-state index is 5.74. The topological polar surface area (TPSA) is 24.5 Å². The van der Waals surface area contributed by atoms with E-state index in [1.807, 2.05) is 13.0 Å². The van der Waals surface area contributed by atoms with E-state index in [0.29, 0.717) is 6.04 Å². The predicted octanol–water partition coefficient (Wildman–Crippen LogP) is 2.66. The average Bonchev–Trinajstić information content (AvgIpc) is 2.65. The monoisotopic (exact) mass is 248 g/mol. The number of nitrogens with zero attached hydrogens (tertiary/aromatic N) is 1. The first-order chi connectivity index (χ1) is 8.85. The molecular weight excluding hydrogens is 224 g/mol. The van der Waals surface area contributed by atoms with Crippen LogP contribution in [-0.4, -0.2) is 32.3 Å². The quantitative estimate of drug-likeness (QED) is 0.886. The Morgan fingerprint density at radius 3 is 2.94 bits per heavy atom. The van der Waals surface area contributed by atoms with Crippen molar-refractivity contribution in [1.82, 2.24) is 5.32 Å². The van der Waals surface area contributed by atoms with Gasteiger partial charge in [0.15, 0.2) is 0 Å². The van der Waals surface area contributed by atoms with Crippen molar-refractivity contribution in [3.05, 3.63) is 24.3 Å². The van der Waals surface area contributed by atoms with Crippen LogP contribution in [0.25, 0.3) is 0 Å². The van der Waals surface area contributed by atoms with Crippen LogP contribution in [-0.2, 0) is 0 Å². The molecule has 2 rings (SSSR count). The van der Waals surface area contributed by atoms with E-state index in [1.165, 1.54) is 18.5 Å². The molecule has 0 saturated carbocycles. The molecular formula is C15H24N2O. The minimum atomic E-state index is 0.585. The molecule has 0 radical (unpaired) electrons. The van der Waals surface area contributed by atoms with Gasteiger partial charge in [-0.15, -0.1) is 0 Å². The van der Waals surface area contributed by atoms with Gasteiger partial charge in [0, 0.05) is 19.1 Å². The van der Waals surface area contributed by atoms with Crippen LogP contribution < -0.4 is 15.0 Å². The van der Waals surface area contributed by atoms with E-state index < -0.39 is 0 Å². The van der Waals surface area contributed by atoms with Gasteiger partial charge in [0.05, 0.1) is 12.3 Å². The number of rotatable bonds is 4. The van der Waals surface area contributed by atoms with Gasteiger partial charge in [-0.3, -0.25) is 0 Å². The van der Waals surface area contributed by atoms with E-state index in [4.69, 9.17) is 4.74 Å². The normalized spacial score (nSPS) is 20.6. The fourth-order valence-corrected chi connectivity index (χ4v) is 2.49. The Balaban J connectivity index is 2.17. The summed E-state index contributed by atoms with van der Waals surface area (Å²) in [6.45, 7) is 8.30. The van der Waals surface area contributed by atoms with E-state index in [9.17, 15) is 0 Å². The molecule has 1 heterocycles. The third kappa shape index (κ3) is 3.16. The highest BCUT2D eigenvalue weighted by Crippen LogP contribution is 2.29. The Morgan fingerprint density at radius 1 is 1.33 bits per heavy atom. The van der Waals surface area contributed by atoms with Crippen molar-refractivity contribution in [2.24, 2.45) is 0 Å². The molecule has 0 spiro atoms. The zero-order valence-electron chi connectivity index (χ0n) is 11.5. The minimum Gasteiger partial charge on any atom is -0.492 e. The van der Waals surface area contributed by atoms with Gasteiger partial charge in [-0.2, -0.15) is 0 Å². The summed E-state index contributed by atoms with van der Waals surface area (Å²) >= 11 is 0. The highest BCUT2D eigenvalue weighted by atomic mass is 16.5. The van der Waals surface area contributed by atoms with Gasteiger partial charge in [-0.05, 0) is 38.4 Å². The summed E-state index contributed by atoms with van der Waals surface area (Å²) in [5.74, 6) is 1.01. The van der Waals surface area contributed by atoms with Gasteiger partial charge in [0.2, 0.25) is 0 Å². The maximum absolute atomic E-state index is 5.74. The molecule has 1 aromatic carbocycles. The molecule has 18 heavy (non-hydrogen) atoms. The van der Waals surface area contributed by atoms with Crippen LogP contribution in [0.15, 0.2) is 24.3 Å². The number of para-hydroxylation sites is 2. The summed E-state index contributed by atoms with van der Waals surface area (Å²) in [4.78, 5) is 2.46. The van der Waals surface area contributed by atoms with Crippen molar-refractivity contribution < 1.29 is 4.74 Å². The van der Waals surface area contributed by atoms with E-state index in [2.05, 4.69) is 35.3 Å². The van der Waals surface area contributed by atoms with Crippen molar-refractivity contribution in [3.8, 4) is 5.75 Å². The van der Waals surface area contributed by atoms with Crippen LogP contribution in [0.3, 0.4) is 0 Å². The summed E-state index contributed by atoms with van der Waals surface area (Å²) in [5, 5.41) is 3.60. The molecule has 1 aliphatic rings. The molecule has 1 aliphatic heterocycles. The van der Waals surface area contributed by atoms with Crippen LogP contribution in [0.1, 0.15) is 26.7 Å². The van der Waals surface area contributed by atoms with E-state index in [-0.39, 0.29) is 0 Å². The molecule has 0 amide bonds. The summed E-state index contributed by atoms with van der Waals surface area (Å²) in [6.07, 6.45) is 2.37. The van der Waals surface area contributed by atoms with Crippen LogP contribution in [0.2, 0.25) is 0 Å². The SMILES string of the molecule is CCOc1ccccc1N1CCCNC(CC)C1. The fourth-order valence-electron chi connectivity index (χ4n) is 2.49. The van der Waals surface area contributed by atoms with Gasteiger partial charge in [-0.1, -0.05) is 19.1 Å². The molecule has 100 valence electrons. The van der Waals surface area contributed by atoms with E-state index in [0.717, 1.165) is 32.0 Å². The largest absolute Gasteiger partial charge is 0.492 e. The first kappa shape index (κ1) is 13.2. The number of anilines is 1. The van der Waals surface area contributed by atoms with Crippen LogP contribution in [0.4, 0.5) is 5.69 Å². The summed E-state index contributed by atoms with van der Waals surface area (Å²) in [5.41, 5.74) is 1.24. The molecule has 0 aliphatic carbocycles. The number of hydrogen-bond acceptors (Lipinski definition) is 3. The molecule has 1 unspecified atom stereocenters. The second kappa shape index (κ2) is 6.64. The van der Waals surface area contributed by atoms with Crippen molar-refractivity contribution in [2.75, 3.05) is 31.1 Å². The van der Waals surface area contributed by atoms with Gasteiger partial charge in [0.25, 0.3) is 0 Å². The highest BCUT2D eigenvalue weighted by Gasteiger charge is 2.18. The second-order valence-corrected chi connectivity index (χ2v) is 4.76.